The van der Waals surface area contributed by atoms with Crippen LogP contribution in [0.4, 0.5) is 0 Å². The number of aromatic nitrogens is 4. The van der Waals surface area contributed by atoms with E-state index in [1.165, 1.54) is 11.3 Å². The van der Waals surface area contributed by atoms with E-state index in [0.29, 0.717) is 18.7 Å². The van der Waals surface area contributed by atoms with Gasteiger partial charge in [-0.2, -0.15) is 10.2 Å². The van der Waals surface area contributed by atoms with Crippen molar-refractivity contribution in [3.8, 4) is 11.3 Å². The summed E-state index contributed by atoms with van der Waals surface area (Å²) in [4.78, 5) is 14.5. The number of benzene rings is 1. The first-order valence-corrected chi connectivity index (χ1v) is 8.12. The minimum atomic E-state index is 0.0331. The van der Waals surface area contributed by atoms with Crippen molar-refractivity contribution in [2.24, 2.45) is 7.05 Å². The van der Waals surface area contributed by atoms with Crippen LogP contribution in [0.15, 0.2) is 42.7 Å². The third kappa shape index (κ3) is 2.50. The molecule has 1 aliphatic rings. The van der Waals surface area contributed by atoms with Gasteiger partial charge in [-0.25, -0.2) is 0 Å². The molecule has 1 amide bonds. The van der Waals surface area contributed by atoms with Crippen LogP contribution < -0.4 is 0 Å². The Bertz CT molecular complexity index is 851. The van der Waals surface area contributed by atoms with Crippen molar-refractivity contribution in [1.82, 2.24) is 24.9 Å². The van der Waals surface area contributed by atoms with Crippen LogP contribution in [-0.4, -0.2) is 43.9 Å². The molecular formula is C18H19N5O. The number of hydrogen-bond acceptors (Lipinski definition) is 3. The fraction of sp³-hybridized carbons (Fsp3) is 0.278. The van der Waals surface area contributed by atoms with Crippen molar-refractivity contribution in [3.05, 3.63) is 59.5 Å². The summed E-state index contributed by atoms with van der Waals surface area (Å²) in [6.45, 7) is 1.40. The minimum absolute atomic E-state index is 0.0331. The Kier molecular flexibility index (Phi) is 3.65. The quantitative estimate of drug-likeness (QED) is 0.785. The summed E-state index contributed by atoms with van der Waals surface area (Å²) in [5, 5.41) is 11.3. The smallest absolute Gasteiger partial charge is 0.257 e. The largest absolute Gasteiger partial charge is 0.338 e. The minimum Gasteiger partial charge on any atom is -0.338 e. The molecule has 2 aromatic heterocycles. The van der Waals surface area contributed by atoms with Gasteiger partial charge in [0, 0.05) is 49.6 Å². The van der Waals surface area contributed by atoms with E-state index in [2.05, 4.69) is 22.3 Å². The van der Waals surface area contributed by atoms with E-state index < -0.39 is 0 Å². The van der Waals surface area contributed by atoms with E-state index >= 15 is 0 Å². The molecule has 3 heterocycles. The molecule has 0 fully saturated rings. The Morgan fingerprint density at radius 2 is 1.96 bits per heavy atom. The average molecular weight is 321 g/mol. The first-order valence-electron chi connectivity index (χ1n) is 8.12. The molecule has 4 rings (SSSR count). The summed E-state index contributed by atoms with van der Waals surface area (Å²) in [5.74, 6) is 0.0331. The van der Waals surface area contributed by atoms with Crippen LogP contribution in [0.1, 0.15) is 21.6 Å². The number of amides is 1. The lowest BCUT2D eigenvalue weighted by molar-refractivity contribution is 0.0762. The number of carbonyl (C=O) groups excluding carboxylic acids is 1. The van der Waals surface area contributed by atoms with Crippen LogP contribution in [0.25, 0.3) is 11.3 Å². The van der Waals surface area contributed by atoms with Gasteiger partial charge in [0.1, 0.15) is 0 Å². The van der Waals surface area contributed by atoms with E-state index in [-0.39, 0.29) is 5.91 Å². The van der Waals surface area contributed by atoms with Gasteiger partial charge in [0.15, 0.2) is 0 Å². The van der Waals surface area contributed by atoms with Gasteiger partial charge in [-0.15, -0.1) is 0 Å². The predicted molar refractivity (Wildman–Crippen MR) is 90.5 cm³/mol. The Morgan fingerprint density at radius 3 is 2.71 bits per heavy atom. The van der Waals surface area contributed by atoms with Crippen molar-refractivity contribution < 1.29 is 4.79 Å². The van der Waals surface area contributed by atoms with Crippen molar-refractivity contribution >= 4 is 5.91 Å². The van der Waals surface area contributed by atoms with Crippen molar-refractivity contribution in [2.75, 3.05) is 13.1 Å². The molecule has 0 bridgehead atoms. The van der Waals surface area contributed by atoms with Gasteiger partial charge < -0.3 is 4.90 Å². The first kappa shape index (κ1) is 14.7. The molecule has 1 aromatic carbocycles. The molecule has 1 N–H and O–H groups in total. The molecule has 1 aliphatic heterocycles. The number of hydrogen-bond donors (Lipinski definition) is 1. The highest BCUT2D eigenvalue weighted by atomic mass is 16.2. The zero-order chi connectivity index (χ0) is 16.5. The van der Waals surface area contributed by atoms with Gasteiger partial charge in [0.05, 0.1) is 17.5 Å². The van der Waals surface area contributed by atoms with Gasteiger partial charge >= 0.3 is 0 Å². The summed E-state index contributed by atoms with van der Waals surface area (Å²) in [6, 6.07) is 10.2. The van der Waals surface area contributed by atoms with Gasteiger partial charge in [-0.3, -0.25) is 14.6 Å². The van der Waals surface area contributed by atoms with Crippen LogP contribution in [0.3, 0.4) is 0 Å². The van der Waals surface area contributed by atoms with Crippen LogP contribution in [0.5, 0.6) is 0 Å². The Morgan fingerprint density at radius 1 is 1.17 bits per heavy atom. The number of nitrogens with one attached hydrogen (secondary N) is 1. The summed E-state index contributed by atoms with van der Waals surface area (Å²) < 4.78 is 1.96. The number of rotatable bonds is 2. The van der Waals surface area contributed by atoms with Gasteiger partial charge in [-0.05, 0) is 6.42 Å². The molecule has 0 aliphatic carbocycles. The van der Waals surface area contributed by atoms with Crippen molar-refractivity contribution in [2.45, 2.75) is 12.8 Å². The lowest BCUT2D eigenvalue weighted by Crippen LogP contribution is -2.33. The molecule has 0 radical (unpaired) electrons. The normalized spacial score (nSPS) is 14.3. The molecule has 6 nitrogen and oxygen atoms in total. The van der Waals surface area contributed by atoms with E-state index in [0.717, 1.165) is 24.1 Å². The molecule has 0 atom stereocenters. The molecule has 0 saturated heterocycles. The Hall–Kier alpha value is -2.89. The van der Waals surface area contributed by atoms with Crippen LogP contribution >= 0.6 is 0 Å². The molecule has 0 unspecified atom stereocenters. The standard InChI is InChI=1S/C18H19N5O/c1-22-16-8-10-23(18(24)14-11-19-20-12-14)9-7-15(16)17(21-22)13-5-3-2-4-6-13/h2-6,11-12H,7-10H2,1H3,(H,19,20). The van der Waals surface area contributed by atoms with Crippen LogP contribution in [0.2, 0.25) is 0 Å². The highest BCUT2D eigenvalue weighted by molar-refractivity contribution is 5.93. The van der Waals surface area contributed by atoms with Gasteiger partial charge in [0.25, 0.3) is 5.91 Å². The van der Waals surface area contributed by atoms with Crippen molar-refractivity contribution in [3.63, 3.8) is 0 Å². The zero-order valence-corrected chi connectivity index (χ0v) is 13.6. The third-order valence-electron chi connectivity index (χ3n) is 4.60. The lowest BCUT2D eigenvalue weighted by Gasteiger charge is -2.19. The highest BCUT2D eigenvalue weighted by Gasteiger charge is 2.25. The first-order chi connectivity index (χ1) is 11.7. The average Bonchev–Trinajstić information content (AvgIpc) is 3.18. The summed E-state index contributed by atoms with van der Waals surface area (Å²) in [7, 11) is 1.98. The Balaban J connectivity index is 1.63. The summed E-state index contributed by atoms with van der Waals surface area (Å²) in [6.07, 6.45) is 4.86. The SMILES string of the molecule is Cn1nc(-c2ccccc2)c2c1CCN(C(=O)c1cn[nH]c1)CC2. The van der Waals surface area contributed by atoms with Gasteiger partial charge in [-0.1, -0.05) is 30.3 Å². The summed E-state index contributed by atoms with van der Waals surface area (Å²) >= 11 is 0. The Labute approximate surface area is 140 Å². The maximum Gasteiger partial charge on any atom is 0.257 e. The molecule has 24 heavy (non-hydrogen) atoms. The molecule has 6 heteroatoms. The fourth-order valence-corrected chi connectivity index (χ4v) is 3.36. The molecule has 0 spiro atoms. The second-order valence-corrected chi connectivity index (χ2v) is 6.04. The third-order valence-corrected chi connectivity index (χ3v) is 4.60. The van der Waals surface area contributed by atoms with Crippen LogP contribution in [0, 0.1) is 0 Å². The van der Waals surface area contributed by atoms with E-state index in [1.54, 1.807) is 12.4 Å². The lowest BCUT2D eigenvalue weighted by atomic mass is 10.0. The number of aromatic amines is 1. The van der Waals surface area contributed by atoms with Crippen molar-refractivity contribution in [1.29, 1.82) is 0 Å². The van der Waals surface area contributed by atoms with E-state index in [1.807, 2.05) is 34.8 Å². The maximum atomic E-state index is 12.6. The molecule has 0 saturated carbocycles. The summed E-state index contributed by atoms with van der Waals surface area (Å²) in [5.41, 5.74) is 5.25. The highest BCUT2D eigenvalue weighted by Crippen LogP contribution is 2.28. The predicted octanol–water partition coefficient (Wildman–Crippen LogP) is 2.05. The zero-order valence-electron chi connectivity index (χ0n) is 13.6. The number of carbonyl (C=O) groups is 1. The van der Waals surface area contributed by atoms with E-state index in [4.69, 9.17) is 5.10 Å². The maximum absolute atomic E-state index is 12.6. The number of aryl methyl sites for hydroxylation is 1. The fourth-order valence-electron chi connectivity index (χ4n) is 3.36. The van der Waals surface area contributed by atoms with Gasteiger partial charge in [0.2, 0.25) is 0 Å². The number of nitrogens with zero attached hydrogens (tertiary/aromatic N) is 4. The van der Waals surface area contributed by atoms with Crippen LogP contribution in [-0.2, 0) is 19.9 Å². The number of fused-ring (bicyclic) bond motifs is 1. The molecular weight excluding hydrogens is 302 g/mol. The topological polar surface area (TPSA) is 66.8 Å². The molecule has 122 valence electrons. The number of H-pyrrole nitrogens is 1. The monoisotopic (exact) mass is 321 g/mol. The second-order valence-electron chi connectivity index (χ2n) is 6.04. The molecule has 3 aromatic rings. The second kappa shape index (κ2) is 5.96. The van der Waals surface area contributed by atoms with E-state index in [9.17, 15) is 4.79 Å².